The van der Waals surface area contributed by atoms with Crippen LogP contribution in [0.1, 0.15) is 67.7 Å². The summed E-state index contributed by atoms with van der Waals surface area (Å²) in [5, 5.41) is -0.879. The fourth-order valence-corrected chi connectivity index (χ4v) is 2.31. The van der Waals surface area contributed by atoms with Crippen LogP contribution < -0.4 is 4.90 Å². The highest BCUT2D eigenvalue weighted by Crippen LogP contribution is 2.35. The molecule has 4 heteroatoms. The Hall–Kier alpha value is -0.0900. The molecule has 1 aliphatic heterocycles. The van der Waals surface area contributed by atoms with Crippen LogP contribution in [0.25, 0.3) is 0 Å². The van der Waals surface area contributed by atoms with Crippen LogP contribution in [0.3, 0.4) is 0 Å². The number of hydrogen-bond donors (Lipinski definition) is 0. The highest BCUT2D eigenvalue weighted by atomic mass is 79.9. The molecule has 0 amide bonds. The largest absolute Gasteiger partial charge is 0.348 e. The molecular formula is C11H17BrN2S. The maximum Gasteiger partial charge on any atom is 0.186 e. The number of halogens is 1. The number of aromatic nitrogens is 1. The van der Waals surface area contributed by atoms with Crippen molar-refractivity contribution in [1.29, 1.82) is 0 Å². The molecule has 0 aliphatic carbocycles. The monoisotopic (exact) mass is 305 g/mol. The zero-order chi connectivity index (χ0) is 25.7. The van der Waals surface area contributed by atoms with Gasteiger partial charge in [0.25, 0.3) is 0 Å². The summed E-state index contributed by atoms with van der Waals surface area (Å²) in [5.74, 6) is -3.35. The molecule has 1 saturated heterocycles. The van der Waals surface area contributed by atoms with Crippen LogP contribution in [0.15, 0.2) is 3.79 Å². The van der Waals surface area contributed by atoms with E-state index in [4.69, 9.17) is 23.3 Å². The highest BCUT2D eigenvalue weighted by Gasteiger charge is 2.18. The van der Waals surface area contributed by atoms with Crippen molar-refractivity contribution in [2.75, 3.05) is 17.9 Å². The van der Waals surface area contributed by atoms with Crippen LogP contribution in [0, 0.1) is 0 Å². The summed E-state index contributed by atoms with van der Waals surface area (Å²) in [5.41, 5.74) is -0.932. The maximum atomic E-state index is 8.22. The third-order valence-electron chi connectivity index (χ3n) is 1.46. The highest BCUT2D eigenvalue weighted by molar-refractivity contribution is 9.11. The summed E-state index contributed by atoms with van der Waals surface area (Å²) in [6.07, 6.45) is -11.0. The fourth-order valence-electron chi connectivity index (χ4n) is 0.863. The number of piperidine rings is 1. The van der Waals surface area contributed by atoms with Crippen LogP contribution in [-0.4, -0.2) is 18.0 Å². The number of thiazole rings is 1. The van der Waals surface area contributed by atoms with E-state index in [0.29, 0.717) is 0 Å². The molecule has 0 atom stereocenters. The molecule has 1 aromatic heterocycles. The smallest absolute Gasteiger partial charge is 0.186 e. The molecule has 0 unspecified atom stereocenters. The molecule has 0 radical (unpaired) electrons. The zero-order valence-corrected chi connectivity index (χ0v) is 9.58. The van der Waals surface area contributed by atoms with E-state index >= 15 is 0 Å². The molecule has 0 bridgehead atoms. The van der Waals surface area contributed by atoms with Gasteiger partial charge in [-0.2, -0.15) is 0 Å². The molecule has 2 nitrogen and oxygen atoms in total. The summed E-state index contributed by atoms with van der Waals surface area (Å²) in [6.45, 7) is -14.1. The van der Waals surface area contributed by atoms with Gasteiger partial charge in [0.2, 0.25) is 0 Å². The third-order valence-corrected chi connectivity index (χ3v) is 3.15. The molecule has 2 heterocycles. The predicted octanol–water partition coefficient (Wildman–Crippen LogP) is 4.02. The number of anilines is 1. The van der Waals surface area contributed by atoms with E-state index in [1.807, 2.05) is 0 Å². The van der Waals surface area contributed by atoms with Gasteiger partial charge in [-0.3, -0.25) is 0 Å². The molecule has 2 rings (SSSR count). The Morgan fingerprint density at radius 1 is 1.53 bits per heavy atom. The molecule has 0 saturated carbocycles. The Kier molecular flexibility index (Phi) is 0.858. The number of rotatable bonds is 2. The fraction of sp³-hybridized carbons (Fsp3) is 0.727. The van der Waals surface area contributed by atoms with Gasteiger partial charge in [-0.25, -0.2) is 4.98 Å². The van der Waals surface area contributed by atoms with Crippen molar-refractivity contribution < 1.29 is 23.3 Å². The van der Waals surface area contributed by atoms with E-state index in [1.54, 1.807) is 0 Å². The average Bonchev–Trinajstić information content (AvgIpc) is 2.90. The van der Waals surface area contributed by atoms with Crippen molar-refractivity contribution >= 4 is 32.4 Å². The lowest BCUT2D eigenvalue weighted by molar-refractivity contribution is 0.576. The van der Waals surface area contributed by atoms with Gasteiger partial charge in [-0.15, -0.1) is 0 Å². The lowest BCUT2D eigenvalue weighted by Gasteiger charge is -2.25. The second-order valence-electron chi connectivity index (χ2n) is 2.43. The summed E-state index contributed by atoms with van der Waals surface area (Å²) < 4.78 is 133. The van der Waals surface area contributed by atoms with Gasteiger partial charge >= 0.3 is 0 Å². The molecule has 0 aromatic carbocycles. The van der Waals surface area contributed by atoms with Crippen molar-refractivity contribution in [3.8, 4) is 0 Å². The molecule has 1 aromatic rings. The molecule has 1 fully saturated rings. The Balaban J connectivity index is 2.88. The van der Waals surface area contributed by atoms with Gasteiger partial charge in [0.15, 0.2) is 5.13 Å². The minimum absolute atomic E-state index is 0.111. The minimum Gasteiger partial charge on any atom is -0.348 e. The standard InChI is InChI=1S/C11H17BrN2S/c1-8(2)9-10(12)15-11(13-9)14-6-4-3-5-7-14/h8H,3-7H2,1-2H3/i1D3,2D3,3D2,4D2,5D2,6D2,7D2,8D. The van der Waals surface area contributed by atoms with E-state index in [9.17, 15) is 0 Å². The lowest BCUT2D eigenvalue weighted by Crippen LogP contribution is -2.29. The normalized spacial score (nSPS) is 53.4. The second-order valence-corrected chi connectivity index (χ2v) is 4.72. The van der Waals surface area contributed by atoms with Crippen molar-refractivity contribution in [3.05, 3.63) is 9.48 Å². The van der Waals surface area contributed by atoms with Gasteiger partial charge in [-0.05, 0) is 40.9 Å². The first-order valence-electron chi connectivity index (χ1n) is 12.2. The van der Waals surface area contributed by atoms with Crippen LogP contribution in [0.5, 0.6) is 0 Å². The van der Waals surface area contributed by atoms with Crippen LogP contribution in [0.4, 0.5) is 5.13 Å². The van der Waals surface area contributed by atoms with Gasteiger partial charge in [-0.1, -0.05) is 25.0 Å². The number of hydrogen-bond acceptors (Lipinski definition) is 3. The molecule has 15 heavy (non-hydrogen) atoms. The summed E-state index contributed by atoms with van der Waals surface area (Å²) in [6, 6.07) is 0. The topological polar surface area (TPSA) is 16.1 Å². The van der Waals surface area contributed by atoms with Crippen molar-refractivity contribution in [2.24, 2.45) is 0 Å². The first-order valence-corrected chi connectivity index (χ1v) is 5.32. The SMILES string of the molecule is [2H]C([2H])([2H])C([2H])(c1nc(N2C([2H])([2H])C([2H])([2H])C([2H])([2H])C([2H])([2H])C2([2H])[2H])sc1Br)C([2H])([2H])[2H]. The van der Waals surface area contributed by atoms with Gasteiger partial charge in [0.1, 0.15) is 0 Å². The van der Waals surface area contributed by atoms with Gasteiger partial charge < -0.3 is 4.90 Å². The molecular weight excluding hydrogens is 272 g/mol. The van der Waals surface area contributed by atoms with Crippen LogP contribution >= 0.6 is 27.3 Å². The number of nitrogens with zero attached hydrogens (tertiary/aromatic N) is 2. The molecule has 0 spiro atoms. The van der Waals surface area contributed by atoms with Gasteiger partial charge in [0.05, 0.1) is 9.48 Å². The predicted molar refractivity (Wildman–Crippen MR) is 70.0 cm³/mol. The van der Waals surface area contributed by atoms with E-state index in [2.05, 4.69) is 20.9 Å². The first kappa shape index (κ1) is 2.66. The van der Waals surface area contributed by atoms with E-state index in [-0.39, 0.29) is 16.2 Å². The van der Waals surface area contributed by atoms with Crippen molar-refractivity contribution in [3.63, 3.8) is 0 Å². The lowest BCUT2D eigenvalue weighted by atomic mass is 10.1. The first-order chi connectivity index (χ1) is 13.7. The van der Waals surface area contributed by atoms with E-state index in [1.165, 1.54) is 0 Å². The van der Waals surface area contributed by atoms with E-state index < -0.39 is 66.3 Å². The van der Waals surface area contributed by atoms with E-state index in [0.717, 1.165) is 0 Å². The second kappa shape index (κ2) is 4.83. The molecule has 1 aliphatic rings. The Morgan fingerprint density at radius 3 is 2.93 bits per heavy atom. The summed E-state index contributed by atoms with van der Waals surface area (Å²) >= 11 is 3.12. The summed E-state index contributed by atoms with van der Waals surface area (Å²) in [4.78, 5) is 3.55. The van der Waals surface area contributed by atoms with Crippen molar-refractivity contribution in [2.45, 2.75) is 38.7 Å². The Bertz CT molecular complexity index is 855. The van der Waals surface area contributed by atoms with Crippen molar-refractivity contribution in [1.82, 2.24) is 4.98 Å². The Labute approximate surface area is 128 Å². The molecule has 84 valence electrons. The summed E-state index contributed by atoms with van der Waals surface area (Å²) in [7, 11) is 0. The van der Waals surface area contributed by atoms with Crippen LogP contribution in [0.2, 0.25) is 0 Å². The maximum absolute atomic E-state index is 8.22. The zero-order valence-electron chi connectivity index (χ0n) is 24.2. The van der Waals surface area contributed by atoms with Crippen LogP contribution in [-0.2, 0) is 0 Å². The Morgan fingerprint density at radius 2 is 2.27 bits per heavy atom. The molecule has 0 N–H and O–H groups in total. The quantitative estimate of drug-likeness (QED) is 0.820. The van der Waals surface area contributed by atoms with Gasteiger partial charge in [0, 0.05) is 36.3 Å². The average molecular weight is 306 g/mol. The third kappa shape index (κ3) is 2.53. The minimum atomic E-state index is -3.67.